The van der Waals surface area contributed by atoms with Crippen LogP contribution in [0.3, 0.4) is 0 Å². The van der Waals surface area contributed by atoms with Gasteiger partial charge in [-0.15, -0.1) is 0 Å². The van der Waals surface area contributed by atoms with Crippen LogP contribution in [0, 0.1) is 0 Å². The zero-order chi connectivity index (χ0) is 15.7. The van der Waals surface area contributed by atoms with E-state index in [9.17, 15) is 9.59 Å². The first-order valence-corrected chi connectivity index (χ1v) is 7.99. The molecule has 1 N–H and O–H groups in total. The van der Waals surface area contributed by atoms with Crippen LogP contribution < -0.4 is 15.0 Å². The summed E-state index contributed by atoms with van der Waals surface area (Å²) in [5.74, 6) is 0.125. The second kappa shape index (κ2) is 6.12. The fourth-order valence-corrected chi connectivity index (χ4v) is 3.54. The number of hydrogen-bond acceptors (Lipinski definition) is 5. The number of ether oxygens (including phenoxy) is 1. The molecule has 0 unspecified atom stereocenters. The van der Waals surface area contributed by atoms with Crippen molar-refractivity contribution in [1.29, 1.82) is 0 Å². The SMILES string of the molecule is O=C(Nc1ccccc1)Oc1c(Cl)cc2oc(=O)sc2c1Br. The van der Waals surface area contributed by atoms with Gasteiger partial charge < -0.3 is 9.15 Å². The van der Waals surface area contributed by atoms with Crippen molar-refractivity contribution >= 4 is 60.9 Å². The number of carbonyl (C=O) groups excluding carboxylic acids is 1. The van der Waals surface area contributed by atoms with Gasteiger partial charge in [-0.25, -0.2) is 9.59 Å². The lowest BCUT2D eigenvalue weighted by Gasteiger charge is -2.09. The lowest BCUT2D eigenvalue weighted by Crippen LogP contribution is -2.17. The van der Waals surface area contributed by atoms with Crippen LogP contribution in [0.1, 0.15) is 0 Å². The third-order valence-electron chi connectivity index (χ3n) is 2.69. The summed E-state index contributed by atoms with van der Waals surface area (Å²) in [7, 11) is 0. The van der Waals surface area contributed by atoms with E-state index in [0.29, 0.717) is 20.4 Å². The molecule has 1 heterocycles. The van der Waals surface area contributed by atoms with E-state index in [1.165, 1.54) is 6.07 Å². The number of fused-ring (bicyclic) bond motifs is 1. The Hall–Kier alpha value is -1.83. The van der Waals surface area contributed by atoms with Gasteiger partial charge in [0.1, 0.15) is 0 Å². The molecule has 3 aromatic rings. The Morgan fingerprint density at radius 3 is 2.77 bits per heavy atom. The Balaban J connectivity index is 1.90. The van der Waals surface area contributed by atoms with Crippen molar-refractivity contribution in [2.75, 3.05) is 5.32 Å². The number of nitrogens with one attached hydrogen (secondary N) is 1. The maximum absolute atomic E-state index is 11.9. The van der Waals surface area contributed by atoms with E-state index in [2.05, 4.69) is 21.2 Å². The predicted molar refractivity (Wildman–Crippen MR) is 89.2 cm³/mol. The number of hydrogen-bond donors (Lipinski definition) is 1. The normalized spacial score (nSPS) is 10.6. The molecule has 112 valence electrons. The topological polar surface area (TPSA) is 68.5 Å². The second-order valence-electron chi connectivity index (χ2n) is 4.16. The van der Waals surface area contributed by atoms with Gasteiger partial charge in [0, 0.05) is 11.8 Å². The smallest absolute Gasteiger partial charge is 0.414 e. The molecule has 0 atom stereocenters. The molecule has 0 radical (unpaired) electrons. The van der Waals surface area contributed by atoms with Crippen LogP contribution in [-0.4, -0.2) is 6.09 Å². The van der Waals surface area contributed by atoms with Gasteiger partial charge in [0.15, 0.2) is 11.3 Å². The van der Waals surface area contributed by atoms with Gasteiger partial charge >= 0.3 is 11.0 Å². The number of benzene rings is 2. The molecule has 1 aromatic heterocycles. The van der Waals surface area contributed by atoms with Crippen LogP contribution in [0.4, 0.5) is 10.5 Å². The van der Waals surface area contributed by atoms with Crippen molar-refractivity contribution in [3.8, 4) is 5.75 Å². The summed E-state index contributed by atoms with van der Waals surface area (Å²) in [5, 5.41) is 2.73. The molecule has 0 aliphatic carbocycles. The maximum atomic E-state index is 11.9. The van der Waals surface area contributed by atoms with E-state index in [4.69, 9.17) is 20.8 Å². The van der Waals surface area contributed by atoms with Gasteiger partial charge in [0.2, 0.25) is 0 Å². The van der Waals surface area contributed by atoms with Gasteiger partial charge in [0.05, 0.1) is 14.2 Å². The number of amides is 1. The average Bonchev–Trinajstić information content (AvgIpc) is 2.85. The van der Waals surface area contributed by atoms with Crippen LogP contribution >= 0.6 is 38.9 Å². The lowest BCUT2D eigenvalue weighted by atomic mass is 10.3. The van der Waals surface area contributed by atoms with Crippen molar-refractivity contribution in [2.24, 2.45) is 0 Å². The molecular formula is C14H7BrClNO4S. The molecule has 0 aliphatic rings. The van der Waals surface area contributed by atoms with Crippen LogP contribution in [-0.2, 0) is 0 Å². The quantitative estimate of drug-likeness (QED) is 0.665. The second-order valence-corrected chi connectivity index (χ2v) is 6.31. The van der Waals surface area contributed by atoms with Crippen molar-refractivity contribution in [3.05, 3.63) is 55.6 Å². The predicted octanol–water partition coefficient (Wildman–Crippen LogP) is 4.88. The minimum absolute atomic E-state index is 0.125. The zero-order valence-corrected chi connectivity index (χ0v) is 13.9. The molecule has 0 spiro atoms. The van der Waals surface area contributed by atoms with Crippen molar-refractivity contribution in [3.63, 3.8) is 0 Å². The minimum atomic E-state index is -0.691. The molecule has 5 nitrogen and oxygen atoms in total. The molecule has 0 bridgehead atoms. The largest absolute Gasteiger partial charge is 0.417 e. The first-order chi connectivity index (χ1) is 10.5. The van der Waals surface area contributed by atoms with Gasteiger partial charge in [0.25, 0.3) is 0 Å². The first kappa shape index (κ1) is 15.1. The van der Waals surface area contributed by atoms with Gasteiger partial charge in [-0.3, -0.25) is 5.32 Å². The summed E-state index contributed by atoms with van der Waals surface area (Å²) < 4.78 is 11.1. The molecule has 0 fully saturated rings. The molecule has 22 heavy (non-hydrogen) atoms. The van der Waals surface area contributed by atoms with Crippen LogP contribution in [0.2, 0.25) is 5.02 Å². The molecule has 2 aromatic carbocycles. The summed E-state index contributed by atoms with van der Waals surface area (Å²) >= 11 is 10.2. The molecule has 8 heteroatoms. The third-order valence-corrected chi connectivity index (χ3v) is 4.85. The van der Waals surface area contributed by atoms with Gasteiger partial charge in [-0.05, 0) is 28.1 Å². The number of para-hydroxylation sites is 1. The fraction of sp³-hybridized carbons (Fsp3) is 0. The Kier molecular flexibility index (Phi) is 4.19. The maximum Gasteiger partial charge on any atom is 0.417 e. The molecule has 0 saturated carbocycles. The van der Waals surface area contributed by atoms with Crippen molar-refractivity contribution in [2.45, 2.75) is 0 Å². The zero-order valence-electron chi connectivity index (χ0n) is 10.8. The average molecular weight is 401 g/mol. The van der Waals surface area contributed by atoms with Crippen LogP contribution in [0.5, 0.6) is 5.75 Å². The summed E-state index contributed by atoms with van der Waals surface area (Å²) in [6.45, 7) is 0. The first-order valence-electron chi connectivity index (χ1n) is 6.00. The monoisotopic (exact) mass is 399 g/mol. The minimum Gasteiger partial charge on any atom is -0.414 e. The Morgan fingerprint density at radius 2 is 2.05 bits per heavy atom. The highest BCUT2D eigenvalue weighted by Crippen LogP contribution is 2.40. The number of rotatable bonds is 2. The van der Waals surface area contributed by atoms with E-state index in [-0.39, 0.29) is 10.8 Å². The van der Waals surface area contributed by atoms with Crippen molar-refractivity contribution in [1.82, 2.24) is 0 Å². The highest BCUT2D eigenvalue weighted by Gasteiger charge is 2.18. The van der Waals surface area contributed by atoms with Crippen LogP contribution in [0.15, 0.2) is 50.1 Å². The van der Waals surface area contributed by atoms with E-state index in [1.807, 2.05) is 6.07 Å². The highest BCUT2D eigenvalue weighted by atomic mass is 79.9. The lowest BCUT2D eigenvalue weighted by molar-refractivity contribution is 0.215. The molecule has 3 rings (SSSR count). The summed E-state index contributed by atoms with van der Waals surface area (Å²) in [6, 6.07) is 10.3. The summed E-state index contributed by atoms with van der Waals surface area (Å²) in [5.41, 5.74) is 0.927. The Bertz CT molecular complexity index is 906. The Labute approximate surface area is 141 Å². The molecule has 0 saturated heterocycles. The van der Waals surface area contributed by atoms with E-state index in [0.717, 1.165) is 11.3 Å². The summed E-state index contributed by atoms with van der Waals surface area (Å²) in [6.07, 6.45) is -0.691. The van der Waals surface area contributed by atoms with E-state index < -0.39 is 11.0 Å². The van der Waals surface area contributed by atoms with Crippen LogP contribution in [0.25, 0.3) is 10.3 Å². The van der Waals surface area contributed by atoms with Gasteiger partial charge in [-0.1, -0.05) is 41.1 Å². The van der Waals surface area contributed by atoms with Gasteiger partial charge in [-0.2, -0.15) is 0 Å². The summed E-state index contributed by atoms with van der Waals surface area (Å²) in [4.78, 5) is 22.8. The standard InChI is InChI=1S/C14H7BrClNO4S/c15-10-11(8(16)6-9-12(10)22-14(19)20-9)21-13(18)17-7-4-2-1-3-5-7/h1-6H,(H,17,18). The Morgan fingerprint density at radius 1 is 1.32 bits per heavy atom. The van der Waals surface area contributed by atoms with E-state index >= 15 is 0 Å². The molecular weight excluding hydrogens is 394 g/mol. The molecule has 0 aliphatic heterocycles. The molecule has 1 amide bonds. The number of carbonyl (C=O) groups is 1. The number of anilines is 1. The van der Waals surface area contributed by atoms with Crippen molar-refractivity contribution < 1.29 is 13.9 Å². The highest BCUT2D eigenvalue weighted by molar-refractivity contribution is 9.10. The van der Waals surface area contributed by atoms with E-state index in [1.54, 1.807) is 24.3 Å². The third kappa shape index (κ3) is 3.01. The number of halogens is 2. The fourth-order valence-electron chi connectivity index (χ4n) is 1.78.